The molecule has 5 aliphatic carbocycles. The second-order valence-corrected chi connectivity index (χ2v) is 20.3. The van der Waals surface area contributed by atoms with E-state index in [0.717, 1.165) is 23.7 Å². The van der Waals surface area contributed by atoms with Crippen molar-refractivity contribution in [2.24, 2.45) is 29.1 Å². The van der Waals surface area contributed by atoms with Crippen LogP contribution in [0.1, 0.15) is 88.5 Å². The number of benzene rings is 6. The molecule has 1 aliphatic heterocycles. The van der Waals surface area contributed by atoms with Gasteiger partial charge >= 0.3 is 0 Å². The van der Waals surface area contributed by atoms with Gasteiger partial charge in [-0.25, -0.2) is 0 Å². The summed E-state index contributed by atoms with van der Waals surface area (Å²) in [6, 6.07) is 49.4. The van der Waals surface area contributed by atoms with Crippen molar-refractivity contribution in [2.45, 2.75) is 92.3 Å². The van der Waals surface area contributed by atoms with Crippen molar-refractivity contribution in [1.82, 2.24) is 0 Å². The average molecular weight is 720 g/mol. The SMILES string of the molecule is CC1(C)CCC(C)(C)c2cc(N(c3ccc(-c4cccc5ccccc45)cc3)c3ccc4c(c3)Sc3ccccc3C43C4CC5CC6CC3C64C5)ccc21. The molecule has 2 heteroatoms. The molecule has 2 bridgehead atoms. The van der Waals surface area contributed by atoms with E-state index in [4.69, 9.17) is 0 Å². The van der Waals surface area contributed by atoms with E-state index in [-0.39, 0.29) is 16.2 Å². The van der Waals surface area contributed by atoms with Crippen molar-refractivity contribution in [3.8, 4) is 11.1 Å². The third-order valence-corrected chi connectivity index (χ3v) is 17.2. The smallest absolute Gasteiger partial charge is 0.0473 e. The van der Waals surface area contributed by atoms with Crippen LogP contribution in [0.5, 0.6) is 0 Å². The summed E-state index contributed by atoms with van der Waals surface area (Å²) in [6.45, 7) is 9.77. The Morgan fingerprint density at radius 1 is 0.556 bits per heavy atom. The number of fused-ring (bicyclic) bond motifs is 9. The molecule has 0 N–H and O–H groups in total. The quantitative estimate of drug-likeness (QED) is 0.178. The first-order chi connectivity index (χ1) is 26.2. The molecule has 268 valence electrons. The number of hydrogen-bond acceptors (Lipinski definition) is 2. The summed E-state index contributed by atoms with van der Waals surface area (Å²) in [4.78, 5) is 5.52. The maximum absolute atomic E-state index is 2.59. The molecule has 1 nitrogen and oxygen atoms in total. The molecular formula is C52H49NS. The highest BCUT2D eigenvalue weighted by molar-refractivity contribution is 7.99. The fourth-order valence-corrected chi connectivity index (χ4v) is 14.9. The van der Waals surface area contributed by atoms with Gasteiger partial charge in [0.05, 0.1) is 0 Å². The molecule has 2 spiro atoms. The zero-order valence-electron chi connectivity index (χ0n) is 32.0. The summed E-state index contributed by atoms with van der Waals surface area (Å²) in [6.07, 6.45) is 8.31. The number of nitrogens with zero attached hydrogens (tertiary/aromatic N) is 1. The summed E-state index contributed by atoms with van der Waals surface area (Å²) < 4.78 is 0. The fraction of sp³-hybridized carbons (Fsp3) is 0.346. The second-order valence-electron chi connectivity index (χ2n) is 19.2. The van der Waals surface area contributed by atoms with Gasteiger partial charge < -0.3 is 4.90 Å². The van der Waals surface area contributed by atoms with Gasteiger partial charge in [0.25, 0.3) is 0 Å². The number of rotatable bonds is 4. The third kappa shape index (κ3) is 3.98. The summed E-state index contributed by atoms with van der Waals surface area (Å²) in [5, 5.41) is 2.59. The minimum atomic E-state index is 0.133. The molecule has 6 aromatic carbocycles. The van der Waals surface area contributed by atoms with Crippen molar-refractivity contribution in [3.05, 3.63) is 150 Å². The van der Waals surface area contributed by atoms with E-state index in [1.54, 1.807) is 11.1 Å². The zero-order chi connectivity index (χ0) is 36.2. The lowest BCUT2D eigenvalue weighted by atomic mass is 9.26. The average Bonchev–Trinajstić information content (AvgIpc) is 3.72. The Morgan fingerprint density at radius 2 is 1.22 bits per heavy atom. The van der Waals surface area contributed by atoms with E-state index in [0.29, 0.717) is 5.41 Å². The fourth-order valence-electron chi connectivity index (χ4n) is 13.6. The Bertz CT molecular complexity index is 2540. The molecular weight excluding hydrogens is 671 g/mol. The van der Waals surface area contributed by atoms with Crippen molar-refractivity contribution in [2.75, 3.05) is 4.90 Å². The van der Waals surface area contributed by atoms with Gasteiger partial charge in [-0.3, -0.25) is 0 Å². The van der Waals surface area contributed by atoms with Crippen LogP contribution >= 0.6 is 11.8 Å². The van der Waals surface area contributed by atoms with Crippen LogP contribution in [-0.4, -0.2) is 0 Å². The molecule has 54 heavy (non-hydrogen) atoms. The van der Waals surface area contributed by atoms with Crippen LogP contribution in [0.2, 0.25) is 0 Å². The lowest BCUT2D eigenvalue weighted by Gasteiger charge is -2.78. The van der Waals surface area contributed by atoms with E-state index in [1.165, 1.54) is 98.4 Å². The van der Waals surface area contributed by atoms with Crippen molar-refractivity contribution in [1.29, 1.82) is 0 Å². The lowest BCUT2D eigenvalue weighted by Crippen LogP contribution is -2.74. The van der Waals surface area contributed by atoms with Crippen molar-refractivity contribution < 1.29 is 0 Å². The molecule has 1 heterocycles. The largest absolute Gasteiger partial charge is 0.310 e. The van der Waals surface area contributed by atoms with Crippen molar-refractivity contribution >= 4 is 39.6 Å². The van der Waals surface area contributed by atoms with Crippen LogP contribution in [0.3, 0.4) is 0 Å². The summed E-state index contributed by atoms with van der Waals surface area (Å²) in [7, 11) is 0. The predicted molar refractivity (Wildman–Crippen MR) is 226 cm³/mol. The first-order valence-corrected chi connectivity index (χ1v) is 21.5. The summed E-state index contributed by atoms with van der Waals surface area (Å²) in [5.41, 5.74) is 13.7. The maximum atomic E-state index is 2.59. The minimum Gasteiger partial charge on any atom is -0.310 e. The van der Waals surface area contributed by atoms with E-state index < -0.39 is 0 Å². The van der Waals surface area contributed by atoms with Crippen LogP contribution < -0.4 is 4.90 Å². The van der Waals surface area contributed by atoms with Gasteiger partial charge in [0.1, 0.15) is 0 Å². The molecule has 4 fully saturated rings. The molecule has 0 radical (unpaired) electrons. The Morgan fingerprint density at radius 3 is 2.06 bits per heavy atom. The third-order valence-electron chi connectivity index (χ3n) is 16.0. The minimum absolute atomic E-state index is 0.133. The molecule has 6 atom stereocenters. The first-order valence-electron chi connectivity index (χ1n) is 20.6. The van der Waals surface area contributed by atoms with E-state index >= 15 is 0 Å². The first kappa shape index (κ1) is 32.0. The maximum Gasteiger partial charge on any atom is 0.0473 e. The van der Waals surface area contributed by atoms with Crippen LogP contribution in [-0.2, 0) is 16.2 Å². The van der Waals surface area contributed by atoms with Crippen LogP contribution in [0.25, 0.3) is 21.9 Å². The Balaban J connectivity index is 1.02. The molecule has 4 saturated carbocycles. The van der Waals surface area contributed by atoms with E-state index in [1.807, 2.05) is 11.8 Å². The van der Waals surface area contributed by atoms with Gasteiger partial charge in [-0.15, -0.1) is 0 Å². The molecule has 6 aromatic rings. The monoisotopic (exact) mass is 719 g/mol. The second kappa shape index (κ2) is 10.7. The highest BCUT2D eigenvalue weighted by Crippen LogP contribution is 2.89. The van der Waals surface area contributed by atoms with Crippen LogP contribution in [0.15, 0.2) is 137 Å². The van der Waals surface area contributed by atoms with Gasteiger partial charge in [-0.1, -0.05) is 124 Å². The molecule has 6 unspecified atom stereocenters. The standard InChI is InChI=1S/C52H49NS/c1-49(2)24-25-50(3,4)44-29-37(20-22-41(44)49)53(36-18-16-34(17-19-36)40-13-9-11-33-10-5-6-12-39(33)40)38-21-23-43-46(30-38)54-45-15-8-7-14-42(45)52(43)47-27-32-26-35-28-48(52)51(35,47)31-32/h5-23,29-30,32,35,47-48H,24-28,31H2,1-4H3. The molecule has 0 amide bonds. The Labute approximate surface area is 325 Å². The molecule has 6 aliphatic rings. The molecule has 12 rings (SSSR count). The summed E-state index contributed by atoms with van der Waals surface area (Å²) >= 11 is 2.02. The topological polar surface area (TPSA) is 3.24 Å². The highest BCUT2D eigenvalue weighted by Gasteiger charge is 2.84. The van der Waals surface area contributed by atoms with Gasteiger partial charge in [-0.2, -0.15) is 0 Å². The van der Waals surface area contributed by atoms with Crippen molar-refractivity contribution in [3.63, 3.8) is 0 Å². The molecule has 0 saturated heterocycles. The molecule has 0 aromatic heterocycles. The van der Waals surface area contributed by atoms with E-state index in [9.17, 15) is 0 Å². The van der Waals surface area contributed by atoms with Crippen LogP contribution in [0, 0.1) is 29.1 Å². The van der Waals surface area contributed by atoms with Gasteiger partial charge in [-0.05, 0) is 165 Å². The predicted octanol–water partition coefficient (Wildman–Crippen LogP) is 14.1. The Kier molecular flexibility index (Phi) is 6.36. The van der Waals surface area contributed by atoms with Crippen LogP contribution in [0.4, 0.5) is 17.1 Å². The number of hydrogen-bond donors (Lipinski definition) is 0. The van der Waals surface area contributed by atoms with Gasteiger partial charge in [0.2, 0.25) is 0 Å². The van der Waals surface area contributed by atoms with E-state index in [2.05, 4.69) is 160 Å². The lowest BCUT2D eigenvalue weighted by molar-refractivity contribution is -0.235. The Hall–Kier alpha value is -4.27. The normalized spacial score (nSPS) is 29.8. The zero-order valence-corrected chi connectivity index (χ0v) is 32.8. The summed E-state index contributed by atoms with van der Waals surface area (Å²) in [5.74, 6) is 3.57. The van der Waals surface area contributed by atoms with Gasteiger partial charge in [0, 0.05) is 32.3 Å². The highest BCUT2D eigenvalue weighted by atomic mass is 32.2. The van der Waals surface area contributed by atoms with Gasteiger partial charge in [0.15, 0.2) is 0 Å². The number of anilines is 3.